The Labute approximate surface area is 167 Å². The van der Waals surface area contributed by atoms with Gasteiger partial charge in [-0.25, -0.2) is 4.98 Å². The Bertz CT molecular complexity index is 936. The molecule has 4 nitrogen and oxygen atoms in total. The highest BCUT2D eigenvalue weighted by Gasteiger charge is 2.29. The Hall–Kier alpha value is -2.11. The van der Waals surface area contributed by atoms with Gasteiger partial charge in [0.05, 0.1) is 15.2 Å². The van der Waals surface area contributed by atoms with Gasteiger partial charge in [-0.2, -0.15) is 0 Å². The SMILES string of the molecule is CC(Oc1ccccc1)C(=O)N1CCC(c2nc3cc(Cl)ccc3s2)CC1. The topological polar surface area (TPSA) is 42.4 Å². The van der Waals surface area contributed by atoms with Gasteiger partial charge >= 0.3 is 0 Å². The number of thiazole rings is 1. The van der Waals surface area contributed by atoms with E-state index in [1.165, 1.54) is 0 Å². The molecule has 6 heteroatoms. The van der Waals surface area contributed by atoms with Gasteiger partial charge in [0.15, 0.2) is 6.10 Å². The van der Waals surface area contributed by atoms with Gasteiger partial charge in [0.1, 0.15) is 5.75 Å². The molecule has 2 aromatic carbocycles. The maximum Gasteiger partial charge on any atom is 0.263 e. The average Bonchev–Trinajstić information content (AvgIpc) is 3.11. The predicted molar refractivity (Wildman–Crippen MR) is 110 cm³/mol. The van der Waals surface area contributed by atoms with Crippen LogP contribution >= 0.6 is 22.9 Å². The van der Waals surface area contributed by atoms with E-state index in [0.717, 1.165) is 46.9 Å². The van der Waals surface area contributed by atoms with Crippen LogP contribution in [0, 0.1) is 0 Å². The molecule has 27 heavy (non-hydrogen) atoms. The summed E-state index contributed by atoms with van der Waals surface area (Å²) in [5, 5.41) is 1.86. The van der Waals surface area contributed by atoms with Gasteiger partial charge in [0.2, 0.25) is 0 Å². The van der Waals surface area contributed by atoms with Crippen LogP contribution in [-0.2, 0) is 4.79 Å². The second-order valence-corrected chi connectivity index (χ2v) is 8.34. The number of carbonyl (C=O) groups excluding carboxylic acids is 1. The average molecular weight is 401 g/mol. The van der Waals surface area contributed by atoms with Crippen molar-refractivity contribution < 1.29 is 9.53 Å². The molecule has 3 aromatic rings. The summed E-state index contributed by atoms with van der Waals surface area (Å²) in [5.74, 6) is 1.17. The Morgan fingerprint density at radius 1 is 1.22 bits per heavy atom. The third-order valence-electron chi connectivity index (χ3n) is 4.93. The van der Waals surface area contributed by atoms with Crippen molar-refractivity contribution in [3.05, 3.63) is 58.6 Å². The number of fused-ring (bicyclic) bond motifs is 1. The number of carbonyl (C=O) groups is 1. The van der Waals surface area contributed by atoms with E-state index in [1.54, 1.807) is 11.3 Å². The number of hydrogen-bond acceptors (Lipinski definition) is 4. The van der Waals surface area contributed by atoms with Crippen LogP contribution in [0.3, 0.4) is 0 Å². The van der Waals surface area contributed by atoms with E-state index >= 15 is 0 Å². The number of aromatic nitrogens is 1. The maximum absolute atomic E-state index is 12.7. The molecule has 1 atom stereocenters. The molecule has 0 bridgehead atoms. The Morgan fingerprint density at radius 2 is 1.96 bits per heavy atom. The second-order valence-electron chi connectivity index (χ2n) is 6.84. The molecule has 1 amide bonds. The number of nitrogens with zero attached hydrogens (tertiary/aromatic N) is 2. The third kappa shape index (κ3) is 4.09. The lowest BCUT2D eigenvalue weighted by atomic mass is 9.97. The number of amides is 1. The molecule has 0 spiro atoms. The van der Waals surface area contributed by atoms with Crippen molar-refractivity contribution in [2.24, 2.45) is 0 Å². The molecule has 0 aliphatic carbocycles. The number of ether oxygens (including phenoxy) is 1. The van der Waals surface area contributed by atoms with Crippen LogP contribution in [0.2, 0.25) is 5.02 Å². The summed E-state index contributed by atoms with van der Waals surface area (Å²) in [6.07, 6.45) is 1.38. The predicted octanol–water partition coefficient (Wildman–Crippen LogP) is 5.12. The molecule has 1 saturated heterocycles. The van der Waals surface area contributed by atoms with Crippen molar-refractivity contribution in [3.8, 4) is 5.75 Å². The molecule has 1 aliphatic heterocycles. The lowest BCUT2D eigenvalue weighted by Crippen LogP contribution is -2.44. The van der Waals surface area contributed by atoms with E-state index in [9.17, 15) is 4.79 Å². The molecule has 1 aliphatic rings. The normalized spacial score (nSPS) is 16.4. The molecule has 140 valence electrons. The first-order chi connectivity index (χ1) is 13.1. The first kappa shape index (κ1) is 18.3. The van der Waals surface area contributed by atoms with Gasteiger partial charge in [0, 0.05) is 24.0 Å². The third-order valence-corrected chi connectivity index (χ3v) is 6.36. The summed E-state index contributed by atoms with van der Waals surface area (Å²) in [5.41, 5.74) is 0.964. The van der Waals surface area contributed by atoms with E-state index in [4.69, 9.17) is 21.3 Å². The molecule has 0 N–H and O–H groups in total. The van der Waals surface area contributed by atoms with Gasteiger partial charge in [0.25, 0.3) is 5.91 Å². The monoisotopic (exact) mass is 400 g/mol. The molecule has 1 fully saturated rings. The Morgan fingerprint density at radius 3 is 2.70 bits per heavy atom. The number of hydrogen-bond donors (Lipinski definition) is 0. The fourth-order valence-electron chi connectivity index (χ4n) is 3.45. The van der Waals surface area contributed by atoms with Crippen LogP contribution in [0.1, 0.15) is 30.7 Å². The van der Waals surface area contributed by atoms with Crippen LogP contribution in [0.25, 0.3) is 10.2 Å². The van der Waals surface area contributed by atoms with Crippen molar-refractivity contribution in [1.82, 2.24) is 9.88 Å². The zero-order valence-corrected chi connectivity index (χ0v) is 16.7. The van der Waals surface area contributed by atoms with Crippen LogP contribution in [0.15, 0.2) is 48.5 Å². The fourth-order valence-corrected chi connectivity index (χ4v) is 4.73. The first-order valence-corrected chi connectivity index (χ1v) is 10.4. The molecule has 2 heterocycles. The van der Waals surface area contributed by atoms with Crippen molar-refractivity contribution in [2.75, 3.05) is 13.1 Å². The summed E-state index contributed by atoms with van der Waals surface area (Å²) in [6, 6.07) is 15.3. The zero-order valence-electron chi connectivity index (χ0n) is 15.1. The minimum absolute atomic E-state index is 0.0494. The van der Waals surface area contributed by atoms with Gasteiger partial charge in [-0.05, 0) is 50.1 Å². The molecule has 0 saturated carbocycles. The summed E-state index contributed by atoms with van der Waals surface area (Å²) >= 11 is 7.80. The summed E-state index contributed by atoms with van der Waals surface area (Å²) < 4.78 is 6.94. The number of para-hydroxylation sites is 1. The molecule has 4 rings (SSSR count). The highest BCUT2D eigenvalue weighted by atomic mass is 35.5. The van der Waals surface area contributed by atoms with Crippen LogP contribution in [0.4, 0.5) is 0 Å². The van der Waals surface area contributed by atoms with Gasteiger partial charge in [-0.3, -0.25) is 4.79 Å². The highest BCUT2D eigenvalue weighted by Crippen LogP contribution is 2.34. The summed E-state index contributed by atoms with van der Waals surface area (Å²) in [6.45, 7) is 3.30. The minimum atomic E-state index is -0.478. The van der Waals surface area contributed by atoms with E-state index in [-0.39, 0.29) is 5.91 Å². The largest absolute Gasteiger partial charge is 0.481 e. The Kier molecular flexibility index (Phi) is 5.32. The van der Waals surface area contributed by atoms with Crippen molar-refractivity contribution in [1.29, 1.82) is 0 Å². The molecule has 1 aromatic heterocycles. The summed E-state index contributed by atoms with van der Waals surface area (Å²) in [7, 11) is 0. The van der Waals surface area contributed by atoms with Gasteiger partial charge < -0.3 is 9.64 Å². The number of rotatable bonds is 4. The number of piperidine rings is 1. The zero-order chi connectivity index (χ0) is 18.8. The van der Waals surface area contributed by atoms with Crippen molar-refractivity contribution in [2.45, 2.75) is 31.8 Å². The first-order valence-electron chi connectivity index (χ1n) is 9.16. The second kappa shape index (κ2) is 7.87. The summed E-state index contributed by atoms with van der Waals surface area (Å²) in [4.78, 5) is 19.4. The van der Waals surface area contributed by atoms with E-state index in [1.807, 2.05) is 60.4 Å². The van der Waals surface area contributed by atoms with E-state index < -0.39 is 6.10 Å². The van der Waals surface area contributed by atoms with Gasteiger partial charge in [-0.15, -0.1) is 11.3 Å². The lowest BCUT2D eigenvalue weighted by Gasteiger charge is -2.32. The number of halogens is 1. The van der Waals surface area contributed by atoms with Crippen molar-refractivity contribution >= 4 is 39.1 Å². The van der Waals surface area contributed by atoms with Crippen LogP contribution in [0.5, 0.6) is 5.75 Å². The smallest absolute Gasteiger partial charge is 0.263 e. The van der Waals surface area contributed by atoms with E-state index in [2.05, 4.69) is 0 Å². The number of benzene rings is 2. The molecular formula is C21H21ClN2O2S. The maximum atomic E-state index is 12.7. The van der Waals surface area contributed by atoms with E-state index in [0.29, 0.717) is 10.9 Å². The van der Waals surface area contributed by atoms with Crippen LogP contribution < -0.4 is 4.74 Å². The molecule has 0 radical (unpaired) electrons. The molecule has 1 unspecified atom stereocenters. The highest BCUT2D eigenvalue weighted by molar-refractivity contribution is 7.18. The quantitative estimate of drug-likeness (QED) is 0.610. The molecular weight excluding hydrogens is 380 g/mol. The fraction of sp³-hybridized carbons (Fsp3) is 0.333. The lowest BCUT2D eigenvalue weighted by molar-refractivity contribution is -0.139. The van der Waals surface area contributed by atoms with Gasteiger partial charge in [-0.1, -0.05) is 29.8 Å². The van der Waals surface area contributed by atoms with Crippen LogP contribution in [-0.4, -0.2) is 35.0 Å². The Balaban J connectivity index is 1.37. The van der Waals surface area contributed by atoms with Crippen molar-refractivity contribution in [3.63, 3.8) is 0 Å². The standard InChI is InChI=1S/C21H21ClN2O2S/c1-14(26-17-5-3-2-4-6-17)21(25)24-11-9-15(10-12-24)20-23-18-13-16(22)7-8-19(18)27-20/h2-8,13-15H,9-12H2,1H3. The number of likely N-dealkylation sites (tertiary alicyclic amines) is 1. The minimum Gasteiger partial charge on any atom is -0.481 e.